The summed E-state index contributed by atoms with van der Waals surface area (Å²) in [5.41, 5.74) is 5.00. The van der Waals surface area contributed by atoms with E-state index < -0.39 is 0 Å². The third-order valence-corrected chi connectivity index (χ3v) is 5.33. The Balaban J connectivity index is 0.000000451. The number of aryl methyl sites for hydroxylation is 1. The van der Waals surface area contributed by atoms with Crippen LogP contribution in [0.3, 0.4) is 0 Å². The predicted molar refractivity (Wildman–Crippen MR) is 139 cm³/mol. The Labute approximate surface area is 192 Å². The van der Waals surface area contributed by atoms with E-state index in [0.717, 1.165) is 28.6 Å². The van der Waals surface area contributed by atoms with Crippen LogP contribution in [0.25, 0.3) is 27.7 Å². The van der Waals surface area contributed by atoms with Crippen LogP contribution >= 0.6 is 0 Å². The van der Waals surface area contributed by atoms with Gasteiger partial charge in [-0.05, 0) is 43.2 Å². The van der Waals surface area contributed by atoms with E-state index >= 15 is 0 Å². The number of hydrogen-bond acceptors (Lipinski definition) is 2. The molecule has 0 bridgehead atoms. The summed E-state index contributed by atoms with van der Waals surface area (Å²) < 4.78 is 0. The minimum atomic E-state index is -0.218. The normalized spacial score (nSPS) is 11.6. The number of rotatable bonds is 9. The molecule has 0 spiro atoms. The molecular weight excluding hydrogens is 394 g/mol. The molecule has 0 aliphatic heterocycles. The molecule has 4 nitrogen and oxygen atoms in total. The topological polar surface area (TPSA) is 61.5 Å². The molecule has 2 aromatic heterocycles. The van der Waals surface area contributed by atoms with Crippen molar-refractivity contribution in [1.29, 1.82) is 0 Å². The van der Waals surface area contributed by atoms with Crippen LogP contribution in [0, 0.1) is 0 Å². The fraction of sp³-hybridized carbons (Fsp3) is 0.357. The molecule has 0 saturated carbocycles. The molecule has 0 radical (unpaired) electrons. The molecule has 0 unspecified atom stereocenters. The van der Waals surface area contributed by atoms with Crippen molar-refractivity contribution in [2.24, 2.45) is 0 Å². The summed E-state index contributed by atoms with van der Waals surface area (Å²) in [7, 11) is 0. The van der Waals surface area contributed by atoms with Crippen molar-refractivity contribution in [3.8, 4) is 11.3 Å². The number of aromatic amines is 2. The van der Waals surface area contributed by atoms with Crippen LogP contribution in [-0.4, -0.2) is 15.2 Å². The van der Waals surface area contributed by atoms with Gasteiger partial charge in [0, 0.05) is 16.5 Å². The molecule has 3 aromatic rings. The Hall–Kier alpha value is -3.14. The lowest BCUT2D eigenvalue weighted by Gasteiger charge is -2.03. The van der Waals surface area contributed by atoms with E-state index in [4.69, 9.17) is 0 Å². The molecule has 0 aliphatic carbocycles. The van der Waals surface area contributed by atoms with Crippen molar-refractivity contribution < 1.29 is 0 Å². The van der Waals surface area contributed by atoms with Gasteiger partial charge < -0.3 is 4.98 Å². The number of hydrogen-bond donors (Lipinski definition) is 2. The van der Waals surface area contributed by atoms with E-state index in [1.54, 1.807) is 12.1 Å². The number of benzene rings is 1. The Bertz CT molecular complexity index is 1110. The number of nitrogens with one attached hydrogen (secondary N) is 2. The number of fused-ring (bicyclic) bond motifs is 1. The Morgan fingerprint density at radius 3 is 2.44 bits per heavy atom. The molecule has 0 aliphatic rings. The lowest BCUT2D eigenvalue weighted by molar-refractivity contribution is 0.656. The van der Waals surface area contributed by atoms with E-state index in [0.29, 0.717) is 11.3 Å². The van der Waals surface area contributed by atoms with Crippen molar-refractivity contribution in [3.63, 3.8) is 0 Å². The lowest BCUT2D eigenvalue weighted by atomic mass is 10.1. The Morgan fingerprint density at radius 2 is 1.81 bits per heavy atom. The summed E-state index contributed by atoms with van der Waals surface area (Å²) >= 11 is 0. The zero-order valence-corrected chi connectivity index (χ0v) is 20.0. The molecule has 0 saturated heterocycles. The molecular formula is C28H37N3O. The first kappa shape index (κ1) is 25.1. The molecule has 0 amide bonds. The second-order valence-electron chi connectivity index (χ2n) is 7.87. The molecule has 3 rings (SSSR count). The van der Waals surface area contributed by atoms with Gasteiger partial charge in [-0.2, -0.15) is 5.10 Å². The van der Waals surface area contributed by atoms with Gasteiger partial charge >= 0.3 is 0 Å². The van der Waals surface area contributed by atoms with Gasteiger partial charge in [0.15, 0.2) is 0 Å². The van der Waals surface area contributed by atoms with Gasteiger partial charge in [-0.25, -0.2) is 5.10 Å². The van der Waals surface area contributed by atoms with Gasteiger partial charge in [-0.1, -0.05) is 89.8 Å². The van der Waals surface area contributed by atoms with Crippen molar-refractivity contribution >= 4 is 16.5 Å². The maximum Gasteiger partial charge on any atom is 0.273 e. The second kappa shape index (κ2) is 13.3. The van der Waals surface area contributed by atoms with E-state index in [9.17, 15) is 4.79 Å². The highest BCUT2D eigenvalue weighted by atomic mass is 16.1. The Morgan fingerprint density at radius 1 is 1.06 bits per heavy atom. The van der Waals surface area contributed by atoms with E-state index in [2.05, 4.69) is 60.7 Å². The van der Waals surface area contributed by atoms with Crippen molar-refractivity contribution in [2.75, 3.05) is 0 Å². The number of nitrogens with zero attached hydrogens (tertiary/aromatic N) is 1. The zero-order chi connectivity index (χ0) is 23.3. The summed E-state index contributed by atoms with van der Waals surface area (Å²) in [5, 5.41) is 7.86. The number of aromatic nitrogens is 3. The highest BCUT2D eigenvalue weighted by Gasteiger charge is 2.11. The number of H-pyrrole nitrogens is 2. The van der Waals surface area contributed by atoms with Gasteiger partial charge in [-0.15, -0.1) is 0 Å². The molecule has 0 atom stereocenters. The second-order valence-corrected chi connectivity index (χ2v) is 7.87. The highest BCUT2D eigenvalue weighted by molar-refractivity contribution is 5.87. The molecule has 170 valence electrons. The van der Waals surface area contributed by atoms with E-state index in [1.807, 2.05) is 31.2 Å². The predicted octanol–water partition coefficient (Wildman–Crippen LogP) is 7.60. The van der Waals surface area contributed by atoms with Crippen LogP contribution in [-0.2, 0) is 6.42 Å². The van der Waals surface area contributed by atoms with E-state index in [1.165, 1.54) is 37.7 Å². The Kier molecular flexibility index (Phi) is 10.5. The first-order chi connectivity index (χ1) is 15.6. The quantitative estimate of drug-likeness (QED) is 0.270. The SMILES string of the molecule is C=C/C=C(\C=C/C)c1cc(-c2cc3cc(CC)ccc3[nH]2)c(=O)[nH]n1.CCCCCCC. The fourth-order valence-corrected chi connectivity index (χ4v) is 3.51. The number of allylic oxidation sites excluding steroid dienone is 5. The van der Waals surface area contributed by atoms with Crippen molar-refractivity contribution in [2.45, 2.75) is 66.2 Å². The molecule has 2 heterocycles. The van der Waals surface area contributed by atoms with Gasteiger partial charge in [0.25, 0.3) is 5.56 Å². The first-order valence-corrected chi connectivity index (χ1v) is 11.7. The average Bonchev–Trinajstić information content (AvgIpc) is 3.23. The third kappa shape index (κ3) is 6.94. The minimum Gasteiger partial charge on any atom is -0.354 e. The fourth-order valence-electron chi connectivity index (χ4n) is 3.51. The molecule has 32 heavy (non-hydrogen) atoms. The van der Waals surface area contributed by atoms with Crippen LogP contribution in [0.1, 0.15) is 71.1 Å². The molecule has 2 N–H and O–H groups in total. The smallest absolute Gasteiger partial charge is 0.273 e. The van der Waals surface area contributed by atoms with Crippen LogP contribution in [0.2, 0.25) is 0 Å². The van der Waals surface area contributed by atoms with Gasteiger partial charge in [0.05, 0.1) is 17.0 Å². The van der Waals surface area contributed by atoms with Crippen LogP contribution < -0.4 is 5.56 Å². The largest absolute Gasteiger partial charge is 0.354 e. The van der Waals surface area contributed by atoms with Crippen LogP contribution in [0.4, 0.5) is 0 Å². The summed E-state index contributed by atoms with van der Waals surface area (Å²) in [4.78, 5) is 15.6. The zero-order valence-electron chi connectivity index (χ0n) is 20.0. The minimum absolute atomic E-state index is 0.218. The van der Waals surface area contributed by atoms with Gasteiger partial charge in [-0.3, -0.25) is 4.79 Å². The van der Waals surface area contributed by atoms with Crippen molar-refractivity contribution in [1.82, 2.24) is 15.2 Å². The summed E-state index contributed by atoms with van der Waals surface area (Å²) in [6.45, 7) is 12.3. The molecule has 0 fully saturated rings. The standard InChI is InChI=1S/C21H21N3O.C7H16/c1-4-7-15(8-5-2)19-13-17(21(25)24-23-19)20-12-16-11-14(6-3)9-10-18(16)22-20;1-3-5-7-6-4-2/h4-5,7-13,22H,1,6H2,2-3H3,(H,24,25);3-7H2,1-2H3/b8-5-,15-7+;. The average molecular weight is 432 g/mol. The number of unbranched alkanes of at least 4 members (excludes halogenated alkanes) is 4. The first-order valence-electron chi connectivity index (χ1n) is 11.7. The van der Waals surface area contributed by atoms with Crippen molar-refractivity contribution in [3.05, 3.63) is 82.8 Å². The van der Waals surface area contributed by atoms with Gasteiger partial charge in [0.2, 0.25) is 0 Å². The van der Waals surface area contributed by atoms with Gasteiger partial charge in [0.1, 0.15) is 0 Å². The summed E-state index contributed by atoms with van der Waals surface area (Å²) in [6.07, 6.45) is 15.4. The van der Waals surface area contributed by atoms with Crippen LogP contribution in [0.5, 0.6) is 0 Å². The maximum absolute atomic E-state index is 12.3. The van der Waals surface area contributed by atoms with Crippen LogP contribution in [0.15, 0.2) is 66.0 Å². The maximum atomic E-state index is 12.3. The molecule has 1 aromatic carbocycles. The molecule has 4 heteroatoms. The third-order valence-electron chi connectivity index (χ3n) is 5.33. The monoisotopic (exact) mass is 431 g/mol. The summed E-state index contributed by atoms with van der Waals surface area (Å²) in [5.74, 6) is 0. The lowest BCUT2D eigenvalue weighted by Crippen LogP contribution is -2.12. The highest BCUT2D eigenvalue weighted by Crippen LogP contribution is 2.24. The van der Waals surface area contributed by atoms with E-state index in [-0.39, 0.29) is 5.56 Å². The summed E-state index contributed by atoms with van der Waals surface area (Å²) in [6, 6.07) is 10.1.